The number of methoxy groups -OCH3 is 1. The fourth-order valence-electron chi connectivity index (χ4n) is 4.96. The highest BCUT2D eigenvalue weighted by Crippen LogP contribution is 2.21. The van der Waals surface area contributed by atoms with Crippen molar-refractivity contribution in [3.05, 3.63) is 94.1 Å². The summed E-state index contributed by atoms with van der Waals surface area (Å²) in [5, 5.41) is 8.83. The lowest BCUT2D eigenvalue weighted by Gasteiger charge is -2.18. The van der Waals surface area contributed by atoms with Gasteiger partial charge in [-0.05, 0) is 162 Å². The first-order chi connectivity index (χ1) is 25.5. The van der Waals surface area contributed by atoms with Gasteiger partial charge in [0.2, 0.25) is 0 Å². The zero-order valence-electron chi connectivity index (χ0n) is 32.4. The molecule has 3 aromatic carbocycles. The maximum Gasteiger partial charge on any atom is 0.252 e. The van der Waals surface area contributed by atoms with Crippen LogP contribution < -0.4 is 20.7 Å². The van der Waals surface area contributed by atoms with E-state index in [-0.39, 0.29) is 17.7 Å². The number of hydrogen-bond acceptors (Lipinski definition) is 7. The van der Waals surface area contributed by atoms with E-state index in [2.05, 4.69) is 140 Å². The molecule has 3 aromatic rings. The Hall–Kier alpha value is -2.06. The summed E-state index contributed by atoms with van der Waals surface area (Å²) in [5.74, 6) is 0.781. The van der Waals surface area contributed by atoms with Crippen LogP contribution in [0.3, 0.4) is 0 Å². The second-order valence-electron chi connectivity index (χ2n) is 11.7. The zero-order chi connectivity index (χ0) is 39.6. The van der Waals surface area contributed by atoms with Gasteiger partial charge in [0.1, 0.15) is 5.75 Å². The van der Waals surface area contributed by atoms with Crippen molar-refractivity contribution in [1.82, 2.24) is 30.7 Å². The number of likely N-dealkylation sites (N-methyl/N-ethyl adjacent to an activating group) is 3. The van der Waals surface area contributed by atoms with Crippen LogP contribution in [-0.4, -0.2) is 118 Å². The maximum atomic E-state index is 12.0. The molecule has 294 valence electrons. The van der Waals surface area contributed by atoms with Gasteiger partial charge in [-0.15, -0.1) is 0 Å². The first kappa shape index (κ1) is 49.0. The summed E-state index contributed by atoms with van der Waals surface area (Å²) in [6.45, 7) is 23.6. The highest BCUT2D eigenvalue weighted by molar-refractivity contribution is 14.1. The van der Waals surface area contributed by atoms with Crippen LogP contribution in [-0.2, 0) is 0 Å². The van der Waals surface area contributed by atoms with Gasteiger partial charge in [-0.1, -0.05) is 53.7 Å². The molecule has 0 fully saturated rings. The molecule has 0 heterocycles. The number of nitrogens with zero attached hydrogens (tertiary/aromatic N) is 3. The molecule has 0 saturated carbocycles. The average molecular weight is 1060 g/mol. The maximum absolute atomic E-state index is 12.0. The van der Waals surface area contributed by atoms with Gasteiger partial charge in [0.05, 0.1) is 16.2 Å². The van der Waals surface area contributed by atoms with E-state index in [0.717, 1.165) is 86.5 Å². The number of benzene rings is 3. The summed E-state index contributed by atoms with van der Waals surface area (Å²) in [6, 6.07) is 20.7. The lowest BCUT2D eigenvalue weighted by molar-refractivity contribution is 0.0940. The average Bonchev–Trinajstić information content (AvgIpc) is 3.17. The van der Waals surface area contributed by atoms with E-state index in [1.165, 1.54) is 0 Å². The predicted octanol–water partition coefficient (Wildman–Crippen LogP) is 7.10. The Balaban J connectivity index is 0.000000398. The summed E-state index contributed by atoms with van der Waals surface area (Å²) in [5.41, 5.74) is 2.15. The van der Waals surface area contributed by atoms with Crippen molar-refractivity contribution in [3.8, 4) is 5.75 Å². The van der Waals surface area contributed by atoms with Gasteiger partial charge < -0.3 is 35.4 Å². The minimum Gasteiger partial charge on any atom is -0.496 e. The molecule has 0 atom stereocenters. The van der Waals surface area contributed by atoms with Gasteiger partial charge in [-0.2, -0.15) is 0 Å². The summed E-state index contributed by atoms with van der Waals surface area (Å²) in [4.78, 5) is 42.5. The Morgan fingerprint density at radius 3 is 1.38 bits per heavy atom. The fraction of sp³-hybridized carbons (Fsp3) is 0.475. The molecule has 0 bridgehead atoms. The highest BCUT2D eigenvalue weighted by Gasteiger charge is 2.10. The number of halogens is 3. The van der Waals surface area contributed by atoms with Gasteiger partial charge in [0.15, 0.2) is 0 Å². The van der Waals surface area contributed by atoms with E-state index >= 15 is 0 Å². The molecule has 0 aliphatic heterocycles. The van der Waals surface area contributed by atoms with Crippen molar-refractivity contribution >= 4 is 85.5 Å². The van der Waals surface area contributed by atoms with E-state index in [1.54, 1.807) is 13.2 Å². The van der Waals surface area contributed by atoms with Crippen LogP contribution in [0.2, 0.25) is 0 Å². The second kappa shape index (κ2) is 29.3. The summed E-state index contributed by atoms with van der Waals surface area (Å²) < 4.78 is 8.25. The number of hydrogen-bond donors (Lipinski definition) is 3. The Kier molecular flexibility index (Phi) is 27.0. The van der Waals surface area contributed by atoms with Crippen LogP contribution in [0.4, 0.5) is 0 Å². The molecule has 10 nitrogen and oxygen atoms in total. The van der Waals surface area contributed by atoms with Crippen molar-refractivity contribution in [2.75, 3.05) is 85.6 Å². The first-order valence-corrected chi connectivity index (χ1v) is 21.6. The highest BCUT2D eigenvalue weighted by atomic mass is 123. The zero-order valence-corrected chi connectivity index (χ0v) is 38.9. The largest absolute Gasteiger partial charge is 0.496 e. The smallest absolute Gasteiger partial charge is 0.252 e. The Morgan fingerprint density at radius 1 is 0.547 bits per heavy atom. The molecule has 53 heavy (non-hydrogen) atoms. The van der Waals surface area contributed by atoms with Gasteiger partial charge in [0.25, 0.3) is 17.7 Å². The van der Waals surface area contributed by atoms with Crippen LogP contribution in [0.5, 0.6) is 5.75 Å². The van der Waals surface area contributed by atoms with Gasteiger partial charge in [-0.3, -0.25) is 14.4 Å². The fourth-order valence-corrected chi connectivity index (χ4v) is 6.68. The van der Waals surface area contributed by atoms with Crippen LogP contribution >= 0.6 is 67.8 Å². The third-order valence-electron chi connectivity index (χ3n) is 8.46. The molecule has 3 amide bonds. The number of nitrogens with one attached hydrogen (secondary N) is 3. The topological polar surface area (TPSA) is 106 Å². The van der Waals surface area contributed by atoms with Crippen LogP contribution in [0.1, 0.15) is 72.6 Å². The van der Waals surface area contributed by atoms with Crippen molar-refractivity contribution in [3.63, 3.8) is 0 Å². The molecule has 0 aromatic heterocycles. The van der Waals surface area contributed by atoms with E-state index < -0.39 is 0 Å². The molecule has 0 aliphatic carbocycles. The van der Waals surface area contributed by atoms with Gasteiger partial charge in [0, 0.05) is 57.5 Å². The molecule has 0 saturated heterocycles. The Labute approximate surface area is 359 Å². The molecule has 0 unspecified atom stereocenters. The molecule has 3 rings (SSSR count). The van der Waals surface area contributed by atoms with E-state index in [0.29, 0.717) is 25.2 Å². The Morgan fingerprint density at radius 2 is 0.962 bits per heavy atom. The molecular formula is C40H59I3N6O4. The predicted molar refractivity (Wildman–Crippen MR) is 244 cm³/mol. The number of rotatable bonds is 19. The number of carbonyl (C=O) groups is 3. The quantitative estimate of drug-likeness (QED) is 0.110. The summed E-state index contributed by atoms with van der Waals surface area (Å²) >= 11 is 6.58. The van der Waals surface area contributed by atoms with E-state index in [9.17, 15) is 14.4 Å². The van der Waals surface area contributed by atoms with Crippen molar-refractivity contribution < 1.29 is 19.1 Å². The monoisotopic (exact) mass is 1060 g/mol. The molecular weight excluding hydrogens is 997 g/mol. The van der Waals surface area contributed by atoms with E-state index in [4.69, 9.17) is 4.74 Å². The number of ether oxygens (including phenoxy) is 1. The summed E-state index contributed by atoms with van der Waals surface area (Å²) in [6.07, 6.45) is 0. The second-order valence-corrected chi connectivity index (χ2v) is 15.3. The molecule has 0 radical (unpaired) electrons. The number of amides is 3. The lowest BCUT2D eigenvalue weighted by atomic mass is 10.2. The van der Waals surface area contributed by atoms with E-state index in [1.807, 2.05) is 60.7 Å². The third kappa shape index (κ3) is 19.9. The van der Waals surface area contributed by atoms with Crippen LogP contribution in [0.15, 0.2) is 66.7 Å². The van der Waals surface area contributed by atoms with Crippen molar-refractivity contribution in [2.45, 2.75) is 41.5 Å². The standard InChI is InChI=1S/C14H21IN2O2.2C13H19IN2O/c1-4-17(5-2)9-8-16-14(18)11-6-7-13(19-3)12(15)10-11;1-3-16(4-2)10-9-15-13(17)11-5-7-12(14)8-6-11;1-3-16(4-2)10-9-15-13(17)11-7-5-6-8-12(11)14/h6-7,10H,4-5,8-9H2,1-3H3,(H,16,18);2*5-8H,3-4,9-10H2,1-2H3,(H,15,17)/i15-4;2*14-4. The minimum atomic E-state index is -0.0345. The molecule has 13 heteroatoms. The molecule has 0 aliphatic rings. The normalized spacial score (nSPS) is 10.6. The van der Waals surface area contributed by atoms with Crippen molar-refractivity contribution in [1.29, 1.82) is 0 Å². The lowest BCUT2D eigenvalue weighted by Crippen LogP contribution is -2.35. The SMILES string of the molecule is CCN(CC)CCNC(=O)c1ccc(OC)c([123I])c1.CCN(CC)CCNC(=O)c1ccc([123I])cc1.CCN(CC)CCNC(=O)c1ccccc1[123I]. The minimum absolute atomic E-state index is 0.00792. The van der Waals surface area contributed by atoms with Gasteiger partial charge >= 0.3 is 0 Å². The summed E-state index contributed by atoms with van der Waals surface area (Å²) in [7, 11) is 1.63. The van der Waals surface area contributed by atoms with Crippen LogP contribution in [0, 0.1) is 10.7 Å². The molecule has 0 spiro atoms. The van der Waals surface area contributed by atoms with Crippen LogP contribution in [0.25, 0.3) is 0 Å². The Bertz CT molecular complexity index is 1480. The first-order valence-electron chi connectivity index (χ1n) is 18.3. The van der Waals surface area contributed by atoms with Gasteiger partial charge in [-0.25, -0.2) is 0 Å². The van der Waals surface area contributed by atoms with Crippen molar-refractivity contribution in [2.24, 2.45) is 0 Å². The third-order valence-corrected chi connectivity index (χ3v) is 11.0. The number of carbonyl (C=O) groups excluding carboxylic acids is 3. The molecule has 3 N–H and O–H groups in total.